The molecule has 0 aromatic heterocycles. The number of allylic oxidation sites excluding steroid dienone is 3. The minimum Gasteiger partial charge on any atom is -0.462 e. The van der Waals surface area contributed by atoms with E-state index >= 15 is 0 Å². The number of carbonyl (C=O) groups is 1. The Bertz CT molecular complexity index is 253. The molecule has 0 aromatic rings. The first-order valence-corrected chi connectivity index (χ1v) is 3.27. The zero-order valence-corrected chi connectivity index (χ0v) is 5.99. The minimum atomic E-state index is 0.290. The predicted octanol–water partition coefficient (Wildman–Crippen LogP) is 1.37. The summed E-state index contributed by atoms with van der Waals surface area (Å²) < 4.78 is 4.55. The normalized spacial score (nSPS) is 14.0. The van der Waals surface area contributed by atoms with Gasteiger partial charge in [0.25, 0.3) is 6.47 Å². The van der Waals surface area contributed by atoms with Crippen LogP contribution in [0.15, 0.2) is 41.7 Å². The number of hydrogen-bond donors (Lipinski definition) is 0. The summed E-state index contributed by atoms with van der Waals surface area (Å²) >= 11 is 0. The fourth-order valence-electron chi connectivity index (χ4n) is 0.708. The smallest absolute Gasteiger partial charge is 0.293 e. The van der Waals surface area contributed by atoms with Crippen molar-refractivity contribution < 1.29 is 9.53 Å². The van der Waals surface area contributed by atoms with Crippen LogP contribution in [0.4, 0.5) is 0 Å². The molecular weight excluding hydrogens is 140 g/mol. The molecule has 0 saturated carbocycles. The van der Waals surface area contributed by atoms with Gasteiger partial charge in [0, 0.05) is 5.57 Å². The van der Waals surface area contributed by atoms with Gasteiger partial charge in [-0.05, 0) is 12.2 Å². The maximum atomic E-state index is 9.82. The second kappa shape index (κ2) is 4.31. The zero-order valence-electron chi connectivity index (χ0n) is 5.99. The van der Waals surface area contributed by atoms with Gasteiger partial charge in [0.2, 0.25) is 0 Å². The fraction of sp³-hybridized carbons (Fsp3) is 0.111. The van der Waals surface area contributed by atoms with Gasteiger partial charge in [0.15, 0.2) is 0 Å². The summed E-state index contributed by atoms with van der Waals surface area (Å²) in [6, 6.07) is 0. The van der Waals surface area contributed by atoms with E-state index in [9.17, 15) is 4.79 Å². The number of rotatable bonds is 3. The lowest BCUT2D eigenvalue weighted by atomic mass is 10.3. The molecule has 0 saturated heterocycles. The Morgan fingerprint density at radius 1 is 1.45 bits per heavy atom. The van der Waals surface area contributed by atoms with E-state index in [0.29, 0.717) is 6.47 Å². The van der Waals surface area contributed by atoms with Gasteiger partial charge in [-0.2, -0.15) is 0 Å². The highest BCUT2D eigenvalue weighted by atomic mass is 16.5. The second-order valence-electron chi connectivity index (χ2n) is 1.99. The van der Waals surface area contributed by atoms with E-state index in [1.807, 2.05) is 24.3 Å². The quantitative estimate of drug-likeness (QED) is 0.446. The molecule has 0 unspecified atom stereocenters. The third kappa shape index (κ3) is 2.70. The first kappa shape index (κ1) is 7.58. The highest BCUT2D eigenvalue weighted by Gasteiger charge is 1.89. The molecule has 0 bridgehead atoms. The average Bonchev–Trinajstić information content (AvgIpc) is 2.28. The van der Waals surface area contributed by atoms with Crippen molar-refractivity contribution in [1.29, 1.82) is 0 Å². The molecule has 11 heavy (non-hydrogen) atoms. The highest BCUT2D eigenvalue weighted by Crippen LogP contribution is 1.98. The van der Waals surface area contributed by atoms with Crippen molar-refractivity contribution in [3.8, 4) is 0 Å². The van der Waals surface area contributed by atoms with E-state index < -0.39 is 0 Å². The number of carbonyl (C=O) groups excluding carboxylic acids is 1. The van der Waals surface area contributed by atoms with Crippen LogP contribution in [0.3, 0.4) is 0 Å². The van der Waals surface area contributed by atoms with Crippen molar-refractivity contribution >= 4 is 6.47 Å². The van der Waals surface area contributed by atoms with Crippen LogP contribution in [0.5, 0.6) is 0 Å². The monoisotopic (exact) mass is 148 g/mol. The largest absolute Gasteiger partial charge is 0.462 e. The van der Waals surface area contributed by atoms with Gasteiger partial charge < -0.3 is 4.74 Å². The molecular formula is C9H8O2. The van der Waals surface area contributed by atoms with Crippen molar-refractivity contribution in [2.45, 2.75) is 0 Å². The van der Waals surface area contributed by atoms with Crippen molar-refractivity contribution in [2.75, 3.05) is 6.61 Å². The standard InChI is InChI=1S/C9H8O2/c10-8-11-7-9-5-3-1-2-4-6-9/h1-5,8H,7H2. The van der Waals surface area contributed by atoms with E-state index in [2.05, 4.69) is 10.5 Å². The Hall–Kier alpha value is -1.53. The molecule has 0 heterocycles. The topological polar surface area (TPSA) is 26.3 Å². The highest BCUT2D eigenvalue weighted by molar-refractivity contribution is 5.38. The Morgan fingerprint density at radius 2 is 2.36 bits per heavy atom. The Morgan fingerprint density at radius 3 is 3.18 bits per heavy atom. The van der Waals surface area contributed by atoms with E-state index in [-0.39, 0.29) is 6.61 Å². The summed E-state index contributed by atoms with van der Waals surface area (Å²) in [5.41, 5.74) is 3.81. The van der Waals surface area contributed by atoms with Gasteiger partial charge in [-0.15, -0.1) is 5.73 Å². The maximum absolute atomic E-state index is 9.82. The molecule has 1 rings (SSSR count). The molecule has 0 amide bonds. The molecule has 0 atom stereocenters. The van der Waals surface area contributed by atoms with Crippen molar-refractivity contribution in [3.05, 3.63) is 41.7 Å². The summed E-state index contributed by atoms with van der Waals surface area (Å²) in [6.07, 6.45) is 9.26. The van der Waals surface area contributed by atoms with Crippen LogP contribution in [-0.4, -0.2) is 13.1 Å². The fourth-order valence-corrected chi connectivity index (χ4v) is 0.708. The molecule has 0 N–H and O–H groups in total. The van der Waals surface area contributed by atoms with Gasteiger partial charge in [0.1, 0.15) is 6.61 Å². The maximum Gasteiger partial charge on any atom is 0.293 e. The third-order valence-electron chi connectivity index (χ3n) is 1.19. The Labute approximate surface area is 65.2 Å². The van der Waals surface area contributed by atoms with Gasteiger partial charge in [0.05, 0.1) is 0 Å². The lowest BCUT2D eigenvalue weighted by molar-refractivity contribution is -0.127. The third-order valence-corrected chi connectivity index (χ3v) is 1.19. The first-order chi connectivity index (χ1) is 5.43. The first-order valence-electron chi connectivity index (χ1n) is 3.27. The van der Waals surface area contributed by atoms with E-state index in [0.717, 1.165) is 5.57 Å². The molecule has 2 nitrogen and oxygen atoms in total. The molecule has 0 spiro atoms. The van der Waals surface area contributed by atoms with Gasteiger partial charge in [-0.3, -0.25) is 4.79 Å². The van der Waals surface area contributed by atoms with Crippen LogP contribution in [0, 0.1) is 0 Å². The van der Waals surface area contributed by atoms with Gasteiger partial charge in [-0.1, -0.05) is 18.2 Å². The van der Waals surface area contributed by atoms with Crippen LogP contribution in [0.2, 0.25) is 0 Å². The molecule has 2 heteroatoms. The number of ether oxygens (including phenoxy) is 1. The van der Waals surface area contributed by atoms with Crippen LogP contribution >= 0.6 is 0 Å². The summed E-state index contributed by atoms with van der Waals surface area (Å²) in [5.74, 6) is 0. The van der Waals surface area contributed by atoms with E-state index in [4.69, 9.17) is 0 Å². The average molecular weight is 148 g/mol. The lowest BCUT2D eigenvalue weighted by Gasteiger charge is -1.94. The van der Waals surface area contributed by atoms with Crippen molar-refractivity contribution in [1.82, 2.24) is 0 Å². The molecule has 1 aliphatic carbocycles. The van der Waals surface area contributed by atoms with E-state index in [1.165, 1.54) is 0 Å². The molecule has 0 fully saturated rings. The lowest BCUT2D eigenvalue weighted by Crippen LogP contribution is -1.92. The number of hydrogen-bond acceptors (Lipinski definition) is 2. The molecule has 56 valence electrons. The summed E-state index contributed by atoms with van der Waals surface area (Å²) in [6.45, 7) is 0.721. The molecule has 0 aromatic carbocycles. The van der Waals surface area contributed by atoms with Crippen LogP contribution in [-0.2, 0) is 9.53 Å². The SMILES string of the molecule is O=COCC1=C=CC=CC=C1. The summed E-state index contributed by atoms with van der Waals surface area (Å²) in [7, 11) is 0. The van der Waals surface area contributed by atoms with Crippen molar-refractivity contribution in [3.63, 3.8) is 0 Å². The predicted molar refractivity (Wildman–Crippen MR) is 41.9 cm³/mol. The summed E-state index contributed by atoms with van der Waals surface area (Å²) in [4.78, 5) is 9.82. The molecule has 1 aliphatic rings. The van der Waals surface area contributed by atoms with Crippen LogP contribution < -0.4 is 0 Å². The second-order valence-corrected chi connectivity index (χ2v) is 1.99. The molecule has 0 aliphatic heterocycles. The van der Waals surface area contributed by atoms with E-state index in [1.54, 1.807) is 6.08 Å². The minimum absolute atomic E-state index is 0.290. The van der Waals surface area contributed by atoms with Gasteiger partial charge in [-0.25, -0.2) is 0 Å². The summed E-state index contributed by atoms with van der Waals surface area (Å²) in [5, 5.41) is 0. The van der Waals surface area contributed by atoms with Crippen LogP contribution in [0.1, 0.15) is 0 Å². The Balaban J connectivity index is 2.57. The van der Waals surface area contributed by atoms with Crippen molar-refractivity contribution in [2.24, 2.45) is 0 Å². The molecule has 0 radical (unpaired) electrons. The van der Waals surface area contributed by atoms with Crippen LogP contribution in [0.25, 0.3) is 0 Å². The van der Waals surface area contributed by atoms with Gasteiger partial charge >= 0.3 is 0 Å². The zero-order chi connectivity index (χ0) is 7.94. The Kier molecular flexibility index (Phi) is 2.97.